The molecule has 6 aromatic carbocycles. The van der Waals surface area contributed by atoms with Gasteiger partial charge in [0, 0.05) is 28.5 Å². The van der Waals surface area contributed by atoms with E-state index in [-0.39, 0.29) is 213 Å². The van der Waals surface area contributed by atoms with E-state index < -0.39 is 121 Å². The predicted octanol–water partition coefficient (Wildman–Crippen LogP) is -12.6. The number of azo groups is 2. The van der Waals surface area contributed by atoms with Crippen LogP contribution in [0.5, 0.6) is 23.5 Å². The minimum atomic E-state index is -5.40. The Morgan fingerprint density at radius 3 is 1.41 bits per heavy atom. The van der Waals surface area contributed by atoms with Crippen molar-refractivity contribution in [3.63, 3.8) is 0 Å². The van der Waals surface area contributed by atoms with Crippen LogP contribution < -0.4 is 183 Å². The molecule has 0 spiro atoms. The van der Waals surface area contributed by atoms with E-state index in [1.165, 1.54) is 48.5 Å². The number of aromatic hydroxyl groups is 4. The second-order valence-electron chi connectivity index (χ2n) is 19.1. The van der Waals surface area contributed by atoms with E-state index in [0.717, 1.165) is 62.1 Å². The Kier molecular flexibility index (Phi) is 40.6. The molecule has 0 aliphatic carbocycles. The van der Waals surface area contributed by atoms with Crippen LogP contribution in [0.2, 0.25) is 0 Å². The van der Waals surface area contributed by atoms with Crippen LogP contribution >= 0.6 is 36.1 Å². The average molecular weight is 1520 g/mol. The molecule has 0 aliphatic rings. The number of carbonyl (C=O) groups is 2. The number of aromatic nitrogens is 6. The molecule has 10 N–H and O–H groups in total. The van der Waals surface area contributed by atoms with Crippen molar-refractivity contribution in [2.45, 2.75) is 93.6 Å². The van der Waals surface area contributed by atoms with Crippen LogP contribution in [0.25, 0.3) is 21.5 Å². The van der Waals surface area contributed by atoms with E-state index in [1.807, 2.05) is 0 Å². The van der Waals surface area contributed by atoms with Crippen molar-refractivity contribution in [1.82, 2.24) is 40.8 Å². The SMILES string of the molecule is O=C(CCCCCCCCCCC(=O)NNc1nc(O)nc(Nc2cc(SOO[O-])cc3cc(S(=O)(=O)[O-])c(N=Nc4ccccc4SOO[O-])c(O)c23)n1)NNc1nc(O)nc(Nc2cc(S(=O)(=O)[O-])cc3cc(SOO[O-])c(N=Nc4ccccc4S(=O)(=O)[O-])c(O)c23)n1.[Li+].[Li+].[Li+].[Li+].[Na+].[Na+]. The van der Waals surface area contributed by atoms with Crippen LogP contribution in [-0.4, -0.2) is 101 Å². The molecule has 0 fully saturated rings. The number of unbranched alkanes of at least 4 members (excludes halogenated alkanes) is 7. The number of carbonyl (C=O) groups excluding carboxylic acids is 2. The summed E-state index contributed by atoms with van der Waals surface area (Å²) in [6, 6.07) is 14.6. The maximum atomic E-state index is 12.8. The molecule has 2 aromatic heterocycles. The first kappa shape index (κ1) is 93.3. The summed E-state index contributed by atoms with van der Waals surface area (Å²) in [4.78, 5) is 45.8. The molecule has 0 bridgehead atoms. The number of phenolic OH excluding ortho intramolecular Hbond substituents is 2. The van der Waals surface area contributed by atoms with Crippen molar-refractivity contribution in [2.75, 3.05) is 21.5 Å². The maximum absolute atomic E-state index is 12.8. The van der Waals surface area contributed by atoms with Crippen LogP contribution in [-0.2, 0) is 68.1 Å². The molecule has 52 heteroatoms. The minimum absolute atomic E-state index is 0. The third kappa shape index (κ3) is 27.2. The normalized spacial score (nSPS) is 11.3. The molecule has 510 valence electrons. The van der Waals surface area contributed by atoms with Gasteiger partial charge in [0.2, 0.25) is 35.6 Å². The first-order chi connectivity index (χ1) is 45.8. The van der Waals surface area contributed by atoms with E-state index >= 15 is 0 Å². The standard InChI is InChI=1S/C50H50N16O24S6.4Li.2Na/c67-37(61-65-47-53-45(55-49(71)57-47)51-31-23-27(91-88-85-73)19-25-22-36(96(82,83)84)42(44(70)39(25)31)64-59-29-13-9-11-15-33(29)92-89-86-74)17-7-5-3-1-2-4-6-8-18-38(68)62-66-48-54-46(56-50(72)58-48)52-32-24-28(94(76,77)78)20-26-21-34(93-90-87-75)41(43(69)40(26)32)63-60-30-14-10-12-16-35(30)95(79,80)81;;;;;;/h9-16,19-24,69-70,73-75H,1-8,17-18H2,(H,61,67)(H,62,68)(H,76,77,78)(H,79,80,81)(H,82,83,84)(H3,51,53,55,57,65,71)(H3,52,54,56,58,66,72);;;;;;/q;6*+1/p-6. The zero-order valence-electron chi connectivity index (χ0n) is 54.0. The van der Waals surface area contributed by atoms with Crippen LogP contribution in [0.3, 0.4) is 0 Å². The molecule has 2 heterocycles. The molecule has 2 amide bonds. The van der Waals surface area contributed by atoms with Gasteiger partial charge in [-0.1, -0.05) is 62.8 Å². The fourth-order valence-electron chi connectivity index (χ4n) is 8.68. The van der Waals surface area contributed by atoms with Crippen LogP contribution in [0, 0.1) is 0 Å². The average Bonchev–Trinajstić information content (AvgIpc) is 0.760. The van der Waals surface area contributed by atoms with Crippen molar-refractivity contribution in [3.05, 3.63) is 84.9 Å². The number of nitrogens with zero attached hydrogens (tertiary/aromatic N) is 10. The van der Waals surface area contributed by atoms with Gasteiger partial charge in [-0.05, 0) is 84.3 Å². The first-order valence-electron chi connectivity index (χ1n) is 26.8. The van der Waals surface area contributed by atoms with Gasteiger partial charge in [-0.15, -0.1) is 20.5 Å². The second-order valence-corrected chi connectivity index (χ2v) is 25.5. The molecule has 8 aromatic rings. The summed E-state index contributed by atoms with van der Waals surface area (Å²) < 4.78 is 123. The van der Waals surface area contributed by atoms with Gasteiger partial charge in [0.15, 0.2) is 11.5 Å². The predicted molar refractivity (Wildman–Crippen MR) is 320 cm³/mol. The minimum Gasteiger partial charge on any atom is -0.744 e. The Morgan fingerprint density at radius 2 is 0.892 bits per heavy atom. The van der Waals surface area contributed by atoms with Crippen molar-refractivity contribution in [1.29, 1.82) is 0 Å². The van der Waals surface area contributed by atoms with Gasteiger partial charge in [-0.2, -0.15) is 42.9 Å². The van der Waals surface area contributed by atoms with E-state index in [2.05, 4.69) is 111 Å². The number of phenols is 2. The summed E-state index contributed by atoms with van der Waals surface area (Å²) >= 11 is 0.902. The van der Waals surface area contributed by atoms with Gasteiger partial charge in [0.25, 0.3) is 0 Å². The third-order valence-electron chi connectivity index (χ3n) is 12.7. The zero-order valence-corrected chi connectivity index (χ0v) is 62.9. The van der Waals surface area contributed by atoms with Crippen molar-refractivity contribution < 1.29 is 247 Å². The number of amides is 2. The first-order valence-corrected chi connectivity index (χ1v) is 33.3. The molecule has 40 nitrogen and oxygen atoms in total. The molecule has 0 unspecified atom stereocenters. The Bertz CT molecular complexity index is 4630. The molecule has 8 rings (SSSR count). The summed E-state index contributed by atoms with van der Waals surface area (Å²) in [7, 11) is -15.7. The molecule has 0 aliphatic heterocycles. The number of rotatable bonds is 35. The van der Waals surface area contributed by atoms with Gasteiger partial charge in [0.05, 0.1) is 72.0 Å². The summed E-state index contributed by atoms with van der Waals surface area (Å²) in [5, 5.41) is 106. The number of fused-ring (bicyclic) bond motifs is 2. The van der Waals surface area contributed by atoms with E-state index in [4.69, 9.17) is 0 Å². The zero-order chi connectivity index (χ0) is 69.2. The monoisotopic (exact) mass is 1520 g/mol. The molecule has 0 saturated heterocycles. The largest absolute Gasteiger partial charge is 1.00 e. The molecule has 0 atom stereocenters. The van der Waals surface area contributed by atoms with Gasteiger partial charge < -0.3 is 60.5 Å². The van der Waals surface area contributed by atoms with Crippen LogP contribution in [0.15, 0.2) is 135 Å². The van der Waals surface area contributed by atoms with Crippen LogP contribution in [0.1, 0.15) is 64.2 Å². The summed E-state index contributed by atoms with van der Waals surface area (Å²) in [6.45, 7) is 0. The molecular weight excluding hydrogens is 1470 g/mol. The summed E-state index contributed by atoms with van der Waals surface area (Å²) in [6.07, 6.45) is 5.44. The third-order valence-corrected chi connectivity index (χ3v) is 17.1. The number of nitrogens with one attached hydrogen (secondary N) is 6. The Morgan fingerprint density at radius 1 is 0.461 bits per heavy atom. The van der Waals surface area contributed by atoms with Gasteiger partial charge >= 0.3 is 147 Å². The van der Waals surface area contributed by atoms with Crippen LogP contribution in [0.4, 0.5) is 57.9 Å². The number of hydrogen-bond acceptors (Lipinski definition) is 41. The van der Waals surface area contributed by atoms with E-state index in [9.17, 15) is 84.7 Å². The van der Waals surface area contributed by atoms with Gasteiger partial charge in [-0.25, -0.2) is 25.3 Å². The molecular formula is C50H44Li4N16Na2O24S6. The maximum Gasteiger partial charge on any atom is 1.00 e. The molecule has 0 saturated carbocycles. The fraction of sp³-hybridized carbons (Fsp3) is 0.200. The summed E-state index contributed by atoms with van der Waals surface area (Å²) in [5.41, 5.74) is 7.18. The quantitative estimate of drug-likeness (QED) is 0.00335. The van der Waals surface area contributed by atoms with E-state index in [0.29, 0.717) is 49.8 Å². The smallest absolute Gasteiger partial charge is 0.744 e. The number of hydrogen-bond donors (Lipinski definition) is 10. The van der Waals surface area contributed by atoms with E-state index in [1.54, 1.807) is 0 Å². The molecule has 0 radical (unpaired) electrons. The number of anilines is 6. The Hall–Kier alpha value is -4.79. The topological polar surface area (TPSA) is 610 Å². The van der Waals surface area contributed by atoms with Crippen molar-refractivity contribution in [2.24, 2.45) is 20.5 Å². The number of hydrazine groups is 2. The number of benzene rings is 6. The van der Waals surface area contributed by atoms with Crippen molar-refractivity contribution in [3.8, 4) is 23.5 Å². The second kappa shape index (κ2) is 44.4. The molecule has 102 heavy (non-hydrogen) atoms. The summed E-state index contributed by atoms with van der Waals surface area (Å²) in [5.74, 6) is -4.60. The Labute approximate surface area is 682 Å². The Balaban J connectivity index is 0.00000589. The fourth-order valence-corrected chi connectivity index (χ4v) is 11.8. The van der Waals surface area contributed by atoms with Crippen molar-refractivity contribution >= 4 is 158 Å². The van der Waals surface area contributed by atoms with Gasteiger partial charge in [-0.3, -0.25) is 46.4 Å². The van der Waals surface area contributed by atoms with Gasteiger partial charge in [0.1, 0.15) is 53.1 Å².